The Morgan fingerprint density at radius 2 is 1.36 bits per heavy atom. The van der Waals surface area contributed by atoms with Crippen LogP contribution in [0.3, 0.4) is 0 Å². The van der Waals surface area contributed by atoms with Crippen molar-refractivity contribution in [1.82, 2.24) is 0 Å². The molecule has 5 heteroatoms. The topological polar surface area (TPSA) is 9.23 Å². The maximum Gasteiger partial charge on any atom is 0.442 e. The van der Waals surface area contributed by atoms with E-state index >= 15 is 0 Å². The molecule has 0 N–H and O–H groups in total. The minimum Gasteiger partial charge on any atom is -0.378 e. The Morgan fingerprint density at radius 3 is 1.89 bits per heavy atom. The first kappa shape index (κ1) is 22.1. The molecular weight excluding hydrogens is 368 g/mol. The summed E-state index contributed by atoms with van der Waals surface area (Å²) >= 11 is 0. The van der Waals surface area contributed by atoms with Crippen molar-refractivity contribution in [2.24, 2.45) is 29.6 Å². The van der Waals surface area contributed by atoms with Gasteiger partial charge in [-0.05, 0) is 99.9 Å². The Morgan fingerprint density at radius 1 is 0.821 bits per heavy atom. The lowest BCUT2D eigenvalue weighted by Gasteiger charge is -2.37. The van der Waals surface area contributed by atoms with Crippen LogP contribution in [0.15, 0.2) is 11.9 Å². The molecule has 0 unspecified atom stereocenters. The van der Waals surface area contributed by atoms with E-state index in [9.17, 15) is 17.6 Å². The second kappa shape index (κ2) is 9.95. The van der Waals surface area contributed by atoms with Gasteiger partial charge in [-0.15, -0.1) is 0 Å². The van der Waals surface area contributed by atoms with Gasteiger partial charge in [-0.1, -0.05) is 19.8 Å². The fourth-order valence-corrected chi connectivity index (χ4v) is 5.58. The van der Waals surface area contributed by atoms with E-state index in [1.54, 1.807) is 0 Å². The highest BCUT2D eigenvalue weighted by atomic mass is 19.4. The van der Waals surface area contributed by atoms with Gasteiger partial charge in [0, 0.05) is 6.61 Å². The van der Waals surface area contributed by atoms with Crippen LogP contribution in [0.2, 0.25) is 0 Å². The second-order valence-corrected chi connectivity index (χ2v) is 9.68. The third-order valence-electron chi connectivity index (χ3n) is 7.56. The van der Waals surface area contributed by atoms with Crippen LogP contribution in [-0.4, -0.2) is 18.9 Å². The van der Waals surface area contributed by atoms with Crippen molar-refractivity contribution in [3.05, 3.63) is 11.9 Å². The average molecular weight is 405 g/mol. The number of rotatable bonds is 5. The highest BCUT2D eigenvalue weighted by molar-refractivity contribution is 5.03. The van der Waals surface area contributed by atoms with Crippen LogP contribution in [0.25, 0.3) is 0 Å². The first-order valence-corrected chi connectivity index (χ1v) is 11.4. The molecule has 0 aromatic rings. The summed E-state index contributed by atoms with van der Waals surface area (Å²) in [6.45, 7) is 3.16. The van der Waals surface area contributed by atoms with Crippen LogP contribution in [0.5, 0.6) is 0 Å². The van der Waals surface area contributed by atoms with Gasteiger partial charge >= 0.3 is 6.18 Å². The summed E-state index contributed by atoms with van der Waals surface area (Å²) < 4.78 is 56.1. The zero-order valence-electron chi connectivity index (χ0n) is 17.2. The Bertz CT molecular complexity index is 491. The first-order valence-electron chi connectivity index (χ1n) is 11.4. The van der Waals surface area contributed by atoms with Crippen LogP contribution in [0, 0.1) is 29.6 Å². The molecule has 0 saturated heterocycles. The van der Waals surface area contributed by atoms with E-state index in [-0.39, 0.29) is 12.0 Å². The lowest BCUT2D eigenvalue weighted by Crippen LogP contribution is -2.28. The number of hydrogen-bond acceptors (Lipinski definition) is 1. The zero-order chi connectivity index (χ0) is 20.1. The first-order chi connectivity index (χ1) is 13.3. The monoisotopic (exact) mass is 404 g/mol. The van der Waals surface area contributed by atoms with E-state index < -0.39 is 12.0 Å². The molecule has 3 aliphatic carbocycles. The van der Waals surface area contributed by atoms with Crippen molar-refractivity contribution in [2.45, 2.75) is 96.3 Å². The molecule has 3 aliphatic rings. The SMILES string of the molecule is CC1CCC(C2CCC(COC3CCC(C=C(F)C(F)(F)F)CC3)CC2)CC1. The summed E-state index contributed by atoms with van der Waals surface area (Å²) in [5, 5.41) is 0. The number of alkyl halides is 3. The molecule has 0 atom stereocenters. The highest BCUT2D eigenvalue weighted by Gasteiger charge is 2.36. The summed E-state index contributed by atoms with van der Waals surface area (Å²) in [4.78, 5) is 0. The normalized spacial score (nSPS) is 38.4. The molecule has 1 nitrogen and oxygen atoms in total. The molecule has 162 valence electrons. The smallest absolute Gasteiger partial charge is 0.378 e. The minimum atomic E-state index is -4.85. The van der Waals surface area contributed by atoms with Crippen LogP contribution in [-0.2, 0) is 4.74 Å². The third kappa shape index (κ3) is 6.47. The Balaban J connectivity index is 1.31. The fraction of sp³-hybridized carbons (Fsp3) is 0.913. The number of hydrogen-bond donors (Lipinski definition) is 0. The predicted molar refractivity (Wildman–Crippen MR) is 104 cm³/mol. The van der Waals surface area contributed by atoms with Crippen molar-refractivity contribution in [2.75, 3.05) is 6.61 Å². The maximum atomic E-state index is 13.1. The molecule has 28 heavy (non-hydrogen) atoms. The van der Waals surface area contributed by atoms with Crippen molar-refractivity contribution < 1.29 is 22.3 Å². The molecule has 3 rings (SSSR count). The van der Waals surface area contributed by atoms with Gasteiger partial charge in [0.2, 0.25) is 0 Å². The van der Waals surface area contributed by atoms with Gasteiger partial charge in [0.05, 0.1) is 6.10 Å². The van der Waals surface area contributed by atoms with Gasteiger partial charge in [-0.3, -0.25) is 0 Å². The zero-order valence-corrected chi connectivity index (χ0v) is 17.2. The van der Waals surface area contributed by atoms with Crippen LogP contribution >= 0.6 is 0 Å². The summed E-state index contributed by atoms with van der Waals surface area (Å²) in [5.74, 6) is 1.15. The van der Waals surface area contributed by atoms with Gasteiger partial charge in [0.15, 0.2) is 5.83 Å². The molecule has 3 fully saturated rings. The molecule has 0 radical (unpaired) electrons. The molecule has 0 aromatic carbocycles. The quantitative estimate of drug-likeness (QED) is 0.428. The molecule has 0 bridgehead atoms. The molecule has 0 aliphatic heterocycles. The highest BCUT2D eigenvalue weighted by Crippen LogP contribution is 2.41. The second-order valence-electron chi connectivity index (χ2n) is 9.68. The van der Waals surface area contributed by atoms with E-state index in [2.05, 4.69) is 6.92 Å². The van der Waals surface area contributed by atoms with Gasteiger partial charge in [-0.2, -0.15) is 13.2 Å². The van der Waals surface area contributed by atoms with E-state index in [1.165, 1.54) is 51.4 Å². The summed E-state index contributed by atoms with van der Waals surface area (Å²) in [6, 6.07) is 0. The lowest BCUT2D eigenvalue weighted by molar-refractivity contribution is -0.109. The van der Waals surface area contributed by atoms with E-state index in [4.69, 9.17) is 4.74 Å². The number of allylic oxidation sites excluding steroid dienone is 2. The predicted octanol–water partition coefficient (Wildman–Crippen LogP) is 7.61. The summed E-state index contributed by atoms with van der Waals surface area (Å²) in [5.41, 5.74) is 0. The van der Waals surface area contributed by atoms with E-state index in [0.717, 1.165) is 43.3 Å². The van der Waals surface area contributed by atoms with Crippen molar-refractivity contribution in [3.8, 4) is 0 Å². The number of ether oxygens (including phenoxy) is 1. The van der Waals surface area contributed by atoms with Crippen LogP contribution in [0.4, 0.5) is 17.6 Å². The Hall–Kier alpha value is -0.580. The molecule has 0 amide bonds. The molecule has 0 heterocycles. The maximum absolute atomic E-state index is 13.1. The summed E-state index contributed by atoms with van der Waals surface area (Å²) in [6.07, 6.45) is 9.52. The van der Waals surface area contributed by atoms with Gasteiger partial charge in [-0.25, -0.2) is 4.39 Å². The van der Waals surface area contributed by atoms with Crippen LogP contribution in [0.1, 0.15) is 84.0 Å². The largest absolute Gasteiger partial charge is 0.442 e. The molecular formula is C23H36F4O. The number of halogens is 4. The minimum absolute atomic E-state index is 0.135. The van der Waals surface area contributed by atoms with Crippen LogP contribution < -0.4 is 0 Å². The van der Waals surface area contributed by atoms with Crippen molar-refractivity contribution in [1.29, 1.82) is 0 Å². The Labute approximate surface area is 167 Å². The standard InChI is InChI=1S/C23H36F4O/c1-16-2-8-19(9-3-16)20-10-4-18(5-11-20)15-28-21-12-6-17(7-13-21)14-22(24)23(25,26)27/h14,16-21H,2-13,15H2,1H3. The lowest BCUT2D eigenvalue weighted by atomic mass is 9.69. The van der Waals surface area contributed by atoms with Gasteiger partial charge < -0.3 is 4.74 Å². The molecule has 3 saturated carbocycles. The van der Waals surface area contributed by atoms with Crippen molar-refractivity contribution in [3.63, 3.8) is 0 Å². The van der Waals surface area contributed by atoms with E-state index in [0.29, 0.717) is 18.8 Å². The van der Waals surface area contributed by atoms with Gasteiger partial charge in [0.25, 0.3) is 0 Å². The van der Waals surface area contributed by atoms with Gasteiger partial charge in [0.1, 0.15) is 0 Å². The average Bonchev–Trinajstić information content (AvgIpc) is 2.68. The fourth-order valence-electron chi connectivity index (χ4n) is 5.58. The Kier molecular flexibility index (Phi) is 7.86. The van der Waals surface area contributed by atoms with E-state index in [1.807, 2.05) is 0 Å². The third-order valence-corrected chi connectivity index (χ3v) is 7.56. The molecule has 0 spiro atoms. The summed E-state index contributed by atoms with van der Waals surface area (Å²) in [7, 11) is 0. The molecule has 0 aromatic heterocycles. The van der Waals surface area contributed by atoms with Crippen molar-refractivity contribution >= 4 is 0 Å².